The van der Waals surface area contributed by atoms with Gasteiger partial charge in [0.2, 0.25) is 15.7 Å². The van der Waals surface area contributed by atoms with Gasteiger partial charge in [-0.1, -0.05) is 25.1 Å². The molecule has 0 bridgehead atoms. The van der Waals surface area contributed by atoms with Crippen molar-refractivity contribution in [1.82, 2.24) is 15.1 Å². The minimum atomic E-state index is -4.03. The Bertz CT molecular complexity index is 1980. The van der Waals surface area contributed by atoms with Crippen molar-refractivity contribution in [3.63, 3.8) is 0 Å². The molecule has 2 N–H and O–H groups in total. The van der Waals surface area contributed by atoms with Crippen molar-refractivity contribution in [3.05, 3.63) is 96.6 Å². The van der Waals surface area contributed by atoms with Crippen LogP contribution in [-0.4, -0.2) is 95.7 Å². The predicted molar refractivity (Wildman–Crippen MR) is 208 cm³/mol. The third-order valence-corrected chi connectivity index (χ3v) is 14.1. The molecule has 3 aliphatic heterocycles. The van der Waals surface area contributed by atoms with E-state index in [0.717, 1.165) is 114 Å². The molecular weight excluding hydrogens is 725 g/mol. The smallest absolute Gasteiger partial charge is 0.407 e. The van der Waals surface area contributed by atoms with Crippen LogP contribution in [0, 0.1) is 29.4 Å². The maximum Gasteiger partial charge on any atom is 0.407 e. The Balaban J connectivity index is 0.994. The van der Waals surface area contributed by atoms with Gasteiger partial charge >= 0.3 is 6.09 Å². The quantitative estimate of drug-likeness (QED) is 0.197. The number of sulfone groups is 1. The van der Waals surface area contributed by atoms with Crippen LogP contribution < -0.4 is 15.5 Å². The van der Waals surface area contributed by atoms with Gasteiger partial charge in [-0.3, -0.25) is 4.79 Å². The van der Waals surface area contributed by atoms with Crippen LogP contribution in [0.1, 0.15) is 44.1 Å². The van der Waals surface area contributed by atoms with Gasteiger partial charge < -0.3 is 30.1 Å². The van der Waals surface area contributed by atoms with E-state index in [0.29, 0.717) is 11.8 Å². The molecule has 0 aromatic heterocycles. The zero-order valence-electron chi connectivity index (χ0n) is 31.4. The molecule has 3 atom stereocenters. The summed E-state index contributed by atoms with van der Waals surface area (Å²) in [5, 5.41) is 5.58. The zero-order valence-corrected chi connectivity index (χ0v) is 32.2. The van der Waals surface area contributed by atoms with E-state index in [1.807, 2.05) is 6.07 Å². The fourth-order valence-corrected chi connectivity index (χ4v) is 10.9. The number of ether oxygens (including phenoxy) is 1. The minimum Gasteiger partial charge on any atom is -0.453 e. The van der Waals surface area contributed by atoms with Gasteiger partial charge in [-0.05, 0) is 136 Å². The highest BCUT2D eigenvalue weighted by Gasteiger charge is 2.53. The van der Waals surface area contributed by atoms with Crippen LogP contribution in [0.25, 0.3) is 0 Å². The highest BCUT2D eigenvalue weighted by atomic mass is 32.2. The molecule has 0 radical (unpaired) electrons. The van der Waals surface area contributed by atoms with E-state index in [1.54, 1.807) is 18.2 Å². The first-order valence-electron chi connectivity index (χ1n) is 19.4. The monoisotopic (exact) mass is 775 g/mol. The maximum atomic E-state index is 15.0. The molecule has 1 aliphatic carbocycles. The number of anilines is 2. The summed E-state index contributed by atoms with van der Waals surface area (Å²) in [6.45, 7) is 10.9. The summed E-state index contributed by atoms with van der Waals surface area (Å²) >= 11 is 0. The molecule has 3 aromatic rings. The van der Waals surface area contributed by atoms with Crippen molar-refractivity contribution >= 4 is 33.2 Å². The summed E-state index contributed by atoms with van der Waals surface area (Å²) in [5.74, 6) is -0.604. The van der Waals surface area contributed by atoms with Gasteiger partial charge in [0.25, 0.3) is 0 Å². The lowest BCUT2D eigenvalue weighted by molar-refractivity contribution is -0.111. The molecular formula is C42H51F2N5O5S. The summed E-state index contributed by atoms with van der Waals surface area (Å²) in [6, 6.07) is 17.1. The molecule has 7 rings (SSSR count). The summed E-state index contributed by atoms with van der Waals surface area (Å²) in [4.78, 5) is 31.3. The number of alkyl carbamates (subject to hydrolysis) is 1. The van der Waals surface area contributed by atoms with Crippen molar-refractivity contribution in [2.24, 2.45) is 17.8 Å². The number of methoxy groups -OCH3 is 1. The Kier molecular flexibility index (Phi) is 11.6. The third-order valence-electron chi connectivity index (χ3n) is 12.4. The second kappa shape index (κ2) is 16.4. The number of piperidine rings is 1. The van der Waals surface area contributed by atoms with E-state index in [4.69, 9.17) is 4.74 Å². The lowest BCUT2D eigenvalue weighted by atomic mass is 9.57. The van der Waals surface area contributed by atoms with Gasteiger partial charge in [0.15, 0.2) is 0 Å². The van der Waals surface area contributed by atoms with Gasteiger partial charge in [0, 0.05) is 54.9 Å². The largest absolute Gasteiger partial charge is 0.453 e. The molecule has 13 heteroatoms. The summed E-state index contributed by atoms with van der Waals surface area (Å²) < 4.78 is 61.1. The first-order valence-corrected chi connectivity index (χ1v) is 20.9. The summed E-state index contributed by atoms with van der Waals surface area (Å²) in [5.41, 5.74) is 1.70. The fraction of sp³-hybridized carbons (Fsp3) is 0.476. The number of hydrogen-bond donors (Lipinski definition) is 2. The van der Waals surface area contributed by atoms with Crippen molar-refractivity contribution in [2.75, 3.05) is 69.7 Å². The van der Waals surface area contributed by atoms with Gasteiger partial charge in [-0.2, -0.15) is 0 Å². The number of rotatable bonds is 13. The standard InChI is InChI=1S/C42H51F2N5O5S/c1-3-40(50)45-34-22-33(44)23-37(24-34)55(52,53)36-13-11-35(12-14-36)49-26-29(27-49)25-47-19-15-30(16-20-47)42(28-48-17-6-18-48,31-7-4-8-32(43)21-31)38-9-5-10-39(38)46-41(51)54-2/h3-4,7-8,11-14,21-24,29-30,38-39H,1,5-6,9-10,15-20,25-28H2,2H3,(H,45,50)(H,46,51)/t38-,39-,42?/m0/s1. The Morgan fingerprint density at radius 2 is 1.64 bits per heavy atom. The first-order chi connectivity index (χ1) is 26.5. The number of likely N-dealkylation sites (tertiary alicyclic amines) is 2. The lowest BCUT2D eigenvalue weighted by Gasteiger charge is -2.54. The minimum absolute atomic E-state index is 0.0314. The van der Waals surface area contributed by atoms with Crippen LogP contribution in [0.15, 0.2) is 89.2 Å². The number of carbonyl (C=O) groups excluding carboxylic acids is 2. The molecule has 3 aromatic carbocycles. The molecule has 3 saturated heterocycles. The second-order valence-electron chi connectivity index (χ2n) is 15.7. The predicted octanol–water partition coefficient (Wildman–Crippen LogP) is 6.24. The van der Waals surface area contributed by atoms with Crippen LogP contribution in [-0.2, 0) is 24.8 Å². The van der Waals surface area contributed by atoms with E-state index < -0.39 is 27.7 Å². The van der Waals surface area contributed by atoms with Crippen molar-refractivity contribution in [3.8, 4) is 0 Å². The van der Waals surface area contributed by atoms with Crippen LogP contribution in [0.2, 0.25) is 0 Å². The normalized spacial score (nSPS) is 22.3. The lowest BCUT2D eigenvalue weighted by Crippen LogP contribution is -2.60. The Morgan fingerprint density at radius 3 is 2.29 bits per heavy atom. The highest BCUT2D eigenvalue weighted by molar-refractivity contribution is 7.91. The molecule has 10 nitrogen and oxygen atoms in total. The van der Waals surface area contributed by atoms with E-state index in [-0.39, 0.29) is 38.7 Å². The molecule has 3 heterocycles. The number of carbonyl (C=O) groups is 2. The van der Waals surface area contributed by atoms with E-state index in [1.165, 1.54) is 37.8 Å². The zero-order chi connectivity index (χ0) is 38.7. The maximum absolute atomic E-state index is 15.0. The molecule has 2 amide bonds. The Morgan fingerprint density at radius 1 is 0.891 bits per heavy atom. The number of hydrogen-bond acceptors (Lipinski definition) is 8. The van der Waals surface area contributed by atoms with Crippen LogP contribution >= 0.6 is 0 Å². The van der Waals surface area contributed by atoms with Gasteiger partial charge in [0.05, 0.1) is 16.9 Å². The SMILES string of the molecule is C=CC(=O)Nc1cc(F)cc(S(=O)(=O)c2ccc(N3CC(CN4CCC(C(CN5CCC5)(c5cccc(F)c5)[C@H]5CCC[C@@H]5NC(=O)OC)CC4)C3)cc2)c1. The van der Waals surface area contributed by atoms with E-state index in [9.17, 15) is 26.8 Å². The molecule has 55 heavy (non-hydrogen) atoms. The average molecular weight is 776 g/mol. The van der Waals surface area contributed by atoms with Gasteiger partial charge in [-0.15, -0.1) is 0 Å². The molecule has 1 unspecified atom stereocenters. The Hall–Kier alpha value is -4.33. The van der Waals surface area contributed by atoms with Crippen molar-refractivity contribution in [2.45, 2.75) is 59.8 Å². The van der Waals surface area contributed by atoms with E-state index >= 15 is 0 Å². The number of benzene rings is 3. The van der Waals surface area contributed by atoms with Crippen molar-refractivity contribution in [1.29, 1.82) is 0 Å². The molecule has 4 aliphatic rings. The summed E-state index contributed by atoms with van der Waals surface area (Å²) in [6.07, 6.45) is 6.64. The molecule has 0 spiro atoms. The van der Waals surface area contributed by atoms with Crippen molar-refractivity contribution < 1.29 is 31.5 Å². The number of nitrogens with zero attached hydrogens (tertiary/aromatic N) is 3. The Labute approximate surface area is 322 Å². The highest BCUT2D eigenvalue weighted by Crippen LogP contribution is 2.51. The number of nitrogens with one attached hydrogen (secondary N) is 2. The molecule has 4 fully saturated rings. The van der Waals surface area contributed by atoms with Crippen LogP contribution in [0.3, 0.4) is 0 Å². The third kappa shape index (κ3) is 8.29. The summed E-state index contributed by atoms with van der Waals surface area (Å²) in [7, 11) is -2.63. The van der Waals surface area contributed by atoms with Crippen LogP contribution in [0.4, 0.5) is 25.0 Å². The fourth-order valence-electron chi connectivity index (χ4n) is 9.59. The number of halogens is 2. The van der Waals surface area contributed by atoms with Gasteiger partial charge in [0.1, 0.15) is 11.6 Å². The average Bonchev–Trinajstić information content (AvgIpc) is 3.61. The van der Waals surface area contributed by atoms with Crippen LogP contribution in [0.5, 0.6) is 0 Å². The molecule has 1 saturated carbocycles. The second-order valence-corrected chi connectivity index (χ2v) is 17.6. The van der Waals surface area contributed by atoms with Gasteiger partial charge in [-0.25, -0.2) is 22.0 Å². The first kappa shape index (κ1) is 38.9. The molecule has 294 valence electrons. The van der Waals surface area contributed by atoms with E-state index in [2.05, 4.69) is 38.0 Å². The topological polar surface area (TPSA) is 111 Å². The number of amides is 2.